The van der Waals surface area contributed by atoms with Crippen molar-refractivity contribution in [3.63, 3.8) is 0 Å². The van der Waals surface area contributed by atoms with Crippen LogP contribution in [0.25, 0.3) is 0 Å². The number of carbonyl (C=O) groups excluding carboxylic acids is 1. The van der Waals surface area contributed by atoms with Gasteiger partial charge in [0, 0.05) is 25.2 Å². The molecule has 3 N–H and O–H groups in total. The van der Waals surface area contributed by atoms with Crippen molar-refractivity contribution < 1.29 is 4.79 Å². The number of piperidine rings is 1. The molecule has 110 valence electrons. The highest BCUT2D eigenvalue weighted by molar-refractivity contribution is 5.92. The van der Waals surface area contributed by atoms with Crippen LogP contribution in [0.4, 0.5) is 0 Å². The van der Waals surface area contributed by atoms with E-state index in [1.807, 2.05) is 0 Å². The van der Waals surface area contributed by atoms with Gasteiger partial charge in [-0.25, -0.2) is 0 Å². The van der Waals surface area contributed by atoms with Crippen LogP contribution in [0.1, 0.15) is 36.2 Å². The summed E-state index contributed by atoms with van der Waals surface area (Å²) in [5, 5.41) is 10.9. The lowest BCUT2D eigenvalue weighted by Crippen LogP contribution is -2.46. The van der Waals surface area contributed by atoms with Crippen molar-refractivity contribution in [2.45, 2.75) is 44.3 Å². The number of nitrogens with two attached hydrogens (primary N) is 1. The number of hydrogen-bond acceptors (Lipinski definition) is 5. The lowest BCUT2D eigenvalue weighted by molar-refractivity contribution is 0.0910. The lowest BCUT2D eigenvalue weighted by atomic mass is 9.99. The Hall–Kier alpha value is -1.47. The molecule has 0 bridgehead atoms. The third-order valence-electron chi connectivity index (χ3n) is 4.30. The van der Waals surface area contributed by atoms with Crippen molar-refractivity contribution in [2.24, 2.45) is 5.73 Å². The highest BCUT2D eigenvalue weighted by Gasteiger charge is 2.36. The van der Waals surface area contributed by atoms with Crippen LogP contribution in [0.2, 0.25) is 0 Å². The second kappa shape index (κ2) is 5.88. The van der Waals surface area contributed by atoms with E-state index in [1.54, 1.807) is 10.9 Å². The first kappa shape index (κ1) is 13.5. The zero-order valence-corrected chi connectivity index (χ0v) is 11.7. The maximum Gasteiger partial charge on any atom is 0.273 e. The molecular formula is C13H22N6O. The van der Waals surface area contributed by atoms with E-state index in [4.69, 9.17) is 5.73 Å². The fourth-order valence-corrected chi connectivity index (χ4v) is 3.30. The number of fused-ring (bicyclic) bond motifs is 1. The van der Waals surface area contributed by atoms with Gasteiger partial charge in [0.05, 0.1) is 12.7 Å². The molecule has 0 aromatic carbocycles. The van der Waals surface area contributed by atoms with Gasteiger partial charge in [0.25, 0.3) is 5.91 Å². The minimum absolute atomic E-state index is 0.120. The van der Waals surface area contributed by atoms with Crippen LogP contribution in [-0.4, -0.2) is 57.5 Å². The molecule has 20 heavy (non-hydrogen) atoms. The third kappa shape index (κ3) is 2.69. The van der Waals surface area contributed by atoms with E-state index >= 15 is 0 Å². The number of nitrogens with zero attached hydrogens (tertiary/aromatic N) is 4. The minimum atomic E-state index is -0.120. The SMILES string of the molecule is NCCn1cc(C(=O)NC2CCN3CCCCC23)nn1. The summed E-state index contributed by atoms with van der Waals surface area (Å²) in [6, 6.07) is 0.759. The molecule has 2 aliphatic heterocycles. The highest BCUT2D eigenvalue weighted by atomic mass is 16.2. The molecule has 2 unspecified atom stereocenters. The molecule has 1 aromatic rings. The molecule has 0 radical (unpaired) electrons. The Morgan fingerprint density at radius 3 is 3.15 bits per heavy atom. The van der Waals surface area contributed by atoms with Crippen LogP contribution in [-0.2, 0) is 6.54 Å². The van der Waals surface area contributed by atoms with E-state index in [2.05, 4.69) is 20.5 Å². The van der Waals surface area contributed by atoms with Crippen molar-refractivity contribution in [3.8, 4) is 0 Å². The van der Waals surface area contributed by atoms with Crippen LogP contribution in [0.3, 0.4) is 0 Å². The summed E-state index contributed by atoms with van der Waals surface area (Å²) >= 11 is 0. The van der Waals surface area contributed by atoms with E-state index in [-0.39, 0.29) is 11.9 Å². The normalized spacial score (nSPS) is 26.4. The fraction of sp³-hybridized carbons (Fsp3) is 0.769. The van der Waals surface area contributed by atoms with Crippen LogP contribution in [0.15, 0.2) is 6.20 Å². The Morgan fingerprint density at radius 1 is 1.40 bits per heavy atom. The zero-order valence-electron chi connectivity index (χ0n) is 11.7. The summed E-state index contributed by atoms with van der Waals surface area (Å²) in [6.07, 6.45) is 6.43. The molecule has 2 aliphatic rings. The number of nitrogens with one attached hydrogen (secondary N) is 1. The van der Waals surface area contributed by atoms with Gasteiger partial charge in [-0.3, -0.25) is 14.4 Å². The second-order valence-electron chi connectivity index (χ2n) is 5.62. The molecule has 7 nitrogen and oxygen atoms in total. The van der Waals surface area contributed by atoms with Gasteiger partial charge in [-0.15, -0.1) is 5.10 Å². The Kier molecular flexibility index (Phi) is 3.98. The molecule has 0 saturated carbocycles. The molecule has 2 fully saturated rings. The molecule has 3 heterocycles. The van der Waals surface area contributed by atoms with Gasteiger partial charge in [0.2, 0.25) is 0 Å². The van der Waals surface area contributed by atoms with Crippen molar-refractivity contribution in [3.05, 3.63) is 11.9 Å². The van der Waals surface area contributed by atoms with Crippen LogP contribution in [0.5, 0.6) is 0 Å². The first-order chi connectivity index (χ1) is 9.78. The van der Waals surface area contributed by atoms with E-state index in [0.29, 0.717) is 24.8 Å². The molecule has 1 aromatic heterocycles. The monoisotopic (exact) mass is 278 g/mol. The molecular weight excluding hydrogens is 256 g/mol. The summed E-state index contributed by atoms with van der Waals surface area (Å²) < 4.78 is 1.61. The Labute approximate surface area is 118 Å². The third-order valence-corrected chi connectivity index (χ3v) is 4.30. The maximum atomic E-state index is 12.2. The topological polar surface area (TPSA) is 89.1 Å². The summed E-state index contributed by atoms with van der Waals surface area (Å²) in [6.45, 7) is 3.34. The van der Waals surface area contributed by atoms with Crippen molar-refractivity contribution in [1.29, 1.82) is 0 Å². The first-order valence-corrected chi connectivity index (χ1v) is 7.43. The molecule has 2 saturated heterocycles. The highest BCUT2D eigenvalue weighted by Crippen LogP contribution is 2.27. The lowest BCUT2D eigenvalue weighted by Gasteiger charge is -2.32. The Bertz CT molecular complexity index is 473. The van der Waals surface area contributed by atoms with Gasteiger partial charge >= 0.3 is 0 Å². The van der Waals surface area contributed by atoms with Gasteiger partial charge in [-0.2, -0.15) is 0 Å². The quantitative estimate of drug-likeness (QED) is 0.782. The first-order valence-electron chi connectivity index (χ1n) is 7.43. The minimum Gasteiger partial charge on any atom is -0.346 e. The van der Waals surface area contributed by atoms with Gasteiger partial charge in [0.1, 0.15) is 0 Å². The molecule has 1 amide bonds. The average Bonchev–Trinajstić information content (AvgIpc) is 3.07. The second-order valence-corrected chi connectivity index (χ2v) is 5.62. The van der Waals surface area contributed by atoms with Crippen LogP contribution in [0, 0.1) is 0 Å². The van der Waals surface area contributed by atoms with E-state index in [9.17, 15) is 4.79 Å². The van der Waals surface area contributed by atoms with Gasteiger partial charge in [-0.05, 0) is 25.8 Å². The van der Waals surface area contributed by atoms with Gasteiger partial charge < -0.3 is 11.1 Å². The molecule has 7 heteroatoms. The summed E-state index contributed by atoms with van der Waals surface area (Å²) in [7, 11) is 0. The average molecular weight is 278 g/mol. The predicted molar refractivity (Wildman–Crippen MR) is 74.2 cm³/mol. The number of hydrogen-bond donors (Lipinski definition) is 2. The molecule has 2 atom stereocenters. The Morgan fingerprint density at radius 2 is 2.30 bits per heavy atom. The smallest absolute Gasteiger partial charge is 0.273 e. The number of aromatic nitrogens is 3. The summed E-state index contributed by atoms with van der Waals surface area (Å²) in [5.41, 5.74) is 5.84. The van der Waals surface area contributed by atoms with Crippen LogP contribution < -0.4 is 11.1 Å². The largest absolute Gasteiger partial charge is 0.346 e. The zero-order chi connectivity index (χ0) is 13.9. The standard InChI is InChI=1S/C13H22N6O/c14-5-8-19-9-11(16-17-19)13(20)15-10-4-7-18-6-2-1-3-12(10)18/h9-10,12H,1-8,14H2,(H,15,20). The molecule has 3 rings (SSSR count). The fourth-order valence-electron chi connectivity index (χ4n) is 3.30. The molecule has 0 aliphatic carbocycles. The van der Waals surface area contributed by atoms with Gasteiger partial charge in [-0.1, -0.05) is 11.6 Å². The Balaban J connectivity index is 1.60. The number of rotatable bonds is 4. The summed E-state index contributed by atoms with van der Waals surface area (Å²) in [4.78, 5) is 14.7. The van der Waals surface area contributed by atoms with Crippen LogP contribution >= 0.6 is 0 Å². The molecule has 0 spiro atoms. The summed E-state index contributed by atoms with van der Waals surface area (Å²) in [5.74, 6) is -0.120. The number of carbonyl (C=O) groups is 1. The van der Waals surface area contributed by atoms with Gasteiger partial charge in [0.15, 0.2) is 5.69 Å². The van der Waals surface area contributed by atoms with E-state index < -0.39 is 0 Å². The predicted octanol–water partition coefficient (Wildman–Crippen LogP) is -0.407. The number of amides is 1. The van der Waals surface area contributed by atoms with Crippen molar-refractivity contribution >= 4 is 5.91 Å². The van der Waals surface area contributed by atoms with E-state index in [0.717, 1.165) is 13.0 Å². The van der Waals surface area contributed by atoms with E-state index in [1.165, 1.54) is 25.8 Å². The maximum absolute atomic E-state index is 12.2. The van der Waals surface area contributed by atoms with Crippen molar-refractivity contribution in [2.75, 3.05) is 19.6 Å². The van der Waals surface area contributed by atoms with Crippen molar-refractivity contribution in [1.82, 2.24) is 25.2 Å².